The first kappa shape index (κ1) is 18.8. The minimum atomic E-state index is -1.11. The average Bonchev–Trinajstić information content (AvgIpc) is 3.41. The predicted molar refractivity (Wildman–Crippen MR) is 86.5 cm³/mol. The lowest BCUT2D eigenvalue weighted by atomic mass is 9.61. The van der Waals surface area contributed by atoms with Crippen LogP contribution in [0, 0.1) is 21.7 Å². The monoisotopic (exact) mass is 388 g/mol. The lowest BCUT2D eigenvalue weighted by Crippen LogP contribution is -3.19. The maximum atomic E-state index is 12.6. The molecule has 0 bridgehead atoms. The molecule has 0 aromatic carbocycles. The number of carbonyl (C=O) groups is 2. The number of hydrazine groups is 6. The summed E-state index contributed by atoms with van der Waals surface area (Å²) >= 11 is 0. The van der Waals surface area contributed by atoms with Gasteiger partial charge >= 0.3 is 0 Å². The van der Waals surface area contributed by atoms with Crippen LogP contribution < -0.4 is 65.0 Å². The summed E-state index contributed by atoms with van der Waals surface area (Å²) in [5.74, 6) is -1.71. The van der Waals surface area contributed by atoms with Crippen molar-refractivity contribution >= 4 is 11.8 Å². The molecule has 16 nitrogen and oxygen atoms in total. The number of carbonyl (C=O) groups excluding carboxylic acids is 2. The van der Waals surface area contributed by atoms with Gasteiger partial charge < -0.3 is 10.4 Å². The van der Waals surface area contributed by atoms with Crippen LogP contribution in [0.2, 0.25) is 0 Å². The van der Waals surface area contributed by atoms with E-state index in [1.54, 1.807) is 6.92 Å². The van der Waals surface area contributed by atoms with Crippen molar-refractivity contribution in [2.45, 2.75) is 31.1 Å². The van der Waals surface area contributed by atoms with Crippen molar-refractivity contribution in [3.8, 4) is 0 Å². The molecule has 0 aliphatic carbocycles. The fourth-order valence-corrected chi connectivity index (χ4v) is 4.62. The third kappa shape index (κ3) is 2.97. The number of hydrogen-bond acceptors (Lipinski definition) is 12. The Morgan fingerprint density at radius 1 is 1.00 bits per heavy atom. The van der Waals surface area contributed by atoms with Crippen LogP contribution in [0.1, 0.15) is 6.92 Å². The second-order valence-corrected chi connectivity index (χ2v) is 7.22. The second kappa shape index (κ2) is 7.13. The molecule has 0 radical (unpaired) electrons. The number of rotatable bonds is 5. The summed E-state index contributed by atoms with van der Waals surface area (Å²) in [5, 5.41) is 24.1. The molecule has 4 heterocycles. The first-order valence-electron chi connectivity index (χ1n) is 8.60. The zero-order chi connectivity index (χ0) is 19.2. The lowest BCUT2D eigenvalue weighted by molar-refractivity contribution is -0.923. The molecule has 2 amide bonds. The van der Waals surface area contributed by atoms with Gasteiger partial charge in [0.05, 0.1) is 11.3 Å². The van der Waals surface area contributed by atoms with Crippen LogP contribution >= 0.6 is 0 Å². The van der Waals surface area contributed by atoms with Gasteiger partial charge in [-0.1, -0.05) is 18.0 Å². The highest BCUT2D eigenvalue weighted by atomic mass is 16.6. The summed E-state index contributed by atoms with van der Waals surface area (Å²) in [6.07, 6.45) is 0. The van der Waals surface area contributed by atoms with Crippen molar-refractivity contribution in [3.05, 3.63) is 10.4 Å². The molecular formula is C11H24N12O4. The Kier molecular flexibility index (Phi) is 4.96. The zero-order valence-electron chi connectivity index (χ0n) is 14.4. The molecule has 12 N–H and O–H groups in total. The van der Waals surface area contributed by atoms with Gasteiger partial charge in [-0.15, -0.1) is 0 Å². The van der Waals surface area contributed by atoms with Crippen molar-refractivity contribution in [2.24, 2.45) is 11.3 Å². The van der Waals surface area contributed by atoms with Gasteiger partial charge in [-0.25, -0.2) is 32.6 Å². The Morgan fingerprint density at radius 3 is 2.19 bits per heavy atom. The minimum absolute atomic E-state index is 0.383. The van der Waals surface area contributed by atoms with Crippen LogP contribution in [0.25, 0.3) is 0 Å². The summed E-state index contributed by atoms with van der Waals surface area (Å²) in [6.45, 7) is 2.52. The molecule has 0 aromatic rings. The van der Waals surface area contributed by atoms with E-state index in [1.165, 1.54) is 0 Å². The highest BCUT2D eigenvalue weighted by molar-refractivity contribution is 5.84. The SMILES string of the molecule is CC(C1CNNN1)(C(C1CNNN1)C1C(=O)NN[NH+]1[O-])C1C(=O)NN[NH+]1[O-]. The highest BCUT2D eigenvalue weighted by Crippen LogP contribution is 2.39. The number of hydroxylamine groups is 2. The second-order valence-electron chi connectivity index (χ2n) is 7.22. The van der Waals surface area contributed by atoms with Gasteiger partial charge in [-0.05, 0) is 0 Å². The quantitative estimate of drug-likeness (QED) is 0.198. The predicted octanol–water partition coefficient (Wildman–Crippen LogP) is -8.83. The Morgan fingerprint density at radius 2 is 1.67 bits per heavy atom. The molecule has 4 aliphatic rings. The van der Waals surface area contributed by atoms with Crippen LogP contribution in [-0.4, -0.2) is 49.1 Å². The van der Waals surface area contributed by atoms with E-state index in [2.05, 4.69) is 54.7 Å². The Bertz CT molecular complexity index is 598. The molecular weight excluding hydrogens is 364 g/mol. The molecule has 4 rings (SSSR count). The van der Waals surface area contributed by atoms with E-state index in [0.29, 0.717) is 13.1 Å². The molecule has 0 aromatic heterocycles. The summed E-state index contributed by atoms with van der Waals surface area (Å²) in [7, 11) is 0. The number of amides is 2. The van der Waals surface area contributed by atoms with Crippen LogP contribution in [0.15, 0.2) is 0 Å². The van der Waals surface area contributed by atoms with E-state index in [1.807, 2.05) is 0 Å². The van der Waals surface area contributed by atoms with E-state index in [4.69, 9.17) is 0 Å². The molecule has 0 saturated carbocycles. The van der Waals surface area contributed by atoms with Crippen LogP contribution in [0.3, 0.4) is 0 Å². The van der Waals surface area contributed by atoms with Crippen molar-refractivity contribution in [2.75, 3.05) is 13.1 Å². The van der Waals surface area contributed by atoms with Crippen LogP contribution in [0.4, 0.5) is 0 Å². The summed E-state index contributed by atoms with van der Waals surface area (Å²) < 4.78 is 0. The summed E-state index contributed by atoms with van der Waals surface area (Å²) in [5.41, 5.74) is 25.6. The van der Waals surface area contributed by atoms with E-state index >= 15 is 0 Å². The maximum absolute atomic E-state index is 12.6. The summed E-state index contributed by atoms with van der Waals surface area (Å²) in [6, 6.07) is -3.02. The fourth-order valence-electron chi connectivity index (χ4n) is 4.62. The molecule has 4 saturated heterocycles. The van der Waals surface area contributed by atoms with Crippen LogP contribution in [0.5, 0.6) is 0 Å². The Hall–Kier alpha value is -1.54. The van der Waals surface area contributed by atoms with Crippen molar-refractivity contribution in [3.63, 3.8) is 0 Å². The maximum Gasteiger partial charge on any atom is 0.299 e. The van der Waals surface area contributed by atoms with E-state index in [0.717, 1.165) is 0 Å². The van der Waals surface area contributed by atoms with Gasteiger partial charge in [-0.3, -0.25) is 19.9 Å². The number of quaternary nitrogens is 2. The molecule has 0 spiro atoms. The zero-order valence-corrected chi connectivity index (χ0v) is 14.4. The molecule has 16 heteroatoms. The summed E-state index contributed by atoms with van der Waals surface area (Å²) in [4.78, 5) is 25.1. The highest BCUT2D eigenvalue weighted by Gasteiger charge is 2.64. The van der Waals surface area contributed by atoms with E-state index < -0.39 is 57.7 Å². The van der Waals surface area contributed by atoms with Gasteiger partial charge in [-0.2, -0.15) is 11.1 Å². The van der Waals surface area contributed by atoms with Gasteiger partial charge in [0.1, 0.15) is 0 Å². The Labute approximate surface area is 153 Å². The van der Waals surface area contributed by atoms with E-state index in [9.17, 15) is 20.0 Å². The Balaban J connectivity index is 1.80. The minimum Gasteiger partial charge on any atom is -0.611 e. The van der Waals surface area contributed by atoms with Crippen molar-refractivity contribution in [1.82, 2.24) is 54.7 Å². The fraction of sp³-hybridized carbons (Fsp3) is 0.818. The third-order valence-corrected chi connectivity index (χ3v) is 5.90. The normalized spacial score (nSPS) is 42.8. The van der Waals surface area contributed by atoms with Crippen LogP contribution in [-0.2, 0) is 9.59 Å². The number of hydrogen-bond donors (Lipinski definition) is 12. The topological polar surface area (TPSA) is 209 Å². The smallest absolute Gasteiger partial charge is 0.299 e. The lowest BCUT2D eigenvalue weighted by Gasteiger charge is -2.48. The molecule has 4 aliphatic heterocycles. The third-order valence-electron chi connectivity index (χ3n) is 5.90. The molecule has 27 heavy (non-hydrogen) atoms. The standard InChI is InChI=1S/C11H24N12O4/c1-11(5-3-13-19-15-5,8-10(25)17-21-23(8)27)6(4-2-12-18-14-4)7-9(24)16-20-22(7)26/h4-8,12-15,18-23H,2-3H2,1H3,(H,16,24)(H,17,25). The van der Waals surface area contributed by atoms with Crippen molar-refractivity contribution < 1.29 is 19.9 Å². The van der Waals surface area contributed by atoms with E-state index in [-0.39, 0.29) is 0 Å². The first-order chi connectivity index (χ1) is 12.9. The van der Waals surface area contributed by atoms with Gasteiger partial charge in [0.25, 0.3) is 11.8 Å². The molecule has 152 valence electrons. The molecule has 4 fully saturated rings. The number of nitrogens with one attached hydrogen (secondary N) is 12. The van der Waals surface area contributed by atoms with Crippen molar-refractivity contribution in [1.29, 1.82) is 0 Å². The van der Waals surface area contributed by atoms with Gasteiger partial charge in [0, 0.05) is 25.2 Å². The molecule has 8 unspecified atom stereocenters. The average molecular weight is 388 g/mol. The molecule has 8 atom stereocenters. The van der Waals surface area contributed by atoms with Gasteiger partial charge in [0.2, 0.25) is 0 Å². The van der Waals surface area contributed by atoms with Gasteiger partial charge in [0.15, 0.2) is 12.1 Å². The largest absolute Gasteiger partial charge is 0.611 e. The first-order valence-corrected chi connectivity index (χ1v) is 8.60.